The molecule has 25 heavy (non-hydrogen) atoms. The molecule has 0 aliphatic carbocycles. The zero-order chi connectivity index (χ0) is 18.6. The third kappa shape index (κ3) is 5.01. The highest BCUT2D eigenvalue weighted by molar-refractivity contribution is 7.89. The number of aromatic nitrogens is 2. The van der Waals surface area contributed by atoms with Crippen LogP contribution in [-0.2, 0) is 28.3 Å². The van der Waals surface area contributed by atoms with Crippen LogP contribution in [0.2, 0.25) is 0 Å². The lowest BCUT2D eigenvalue weighted by Gasteiger charge is -2.04. The molecule has 0 saturated carbocycles. The van der Waals surface area contributed by atoms with Gasteiger partial charge >= 0.3 is 0 Å². The van der Waals surface area contributed by atoms with Crippen molar-refractivity contribution in [2.45, 2.75) is 25.2 Å². The first-order chi connectivity index (χ1) is 11.7. The first-order valence-electron chi connectivity index (χ1n) is 7.76. The van der Waals surface area contributed by atoms with Gasteiger partial charge in [-0.3, -0.25) is 9.48 Å². The number of nitrogens with one attached hydrogen (secondary N) is 1. The topological polar surface area (TPSA) is 107 Å². The number of primary sulfonamides is 1. The van der Waals surface area contributed by atoms with Crippen LogP contribution in [0.3, 0.4) is 0 Å². The van der Waals surface area contributed by atoms with Crippen LogP contribution >= 0.6 is 0 Å². The van der Waals surface area contributed by atoms with Crippen LogP contribution < -0.4 is 10.5 Å². The standard InChI is InChI=1S/C17H22N4O3S/c1-12-16(13(2)21(3)20-12)8-9-17(22)19-11-10-14-4-6-15(7-5-14)25(18,23)24/h4-9H,10-11H2,1-3H3,(H,19,22)(H2,18,23,24)/b9-8+. The molecular formula is C17H22N4O3S. The molecule has 0 atom stereocenters. The van der Waals surface area contributed by atoms with Crippen molar-refractivity contribution in [3.63, 3.8) is 0 Å². The summed E-state index contributed by atoms with van der Waals surface area (Å²) < 4.78 is 24.2. The normalized spacial score (nSPS) is 11.8. The molecule has 0 aliphatic rings. The summed E-state index contributed by atoms with van der Waals surface area (Å²) >= 11 is 0. The fraction of sp³-hybridized carbons (Fsp3) is 0.294. The Morgan fingerprint density at radius 1 is 1.28 bits per heavy atom. The monoisotopic (exact) mass is 362 g/mol. The highest BCUT2D eigenvalue weighted by Crippen LogP contribution is 2.13. The van der Waals surface area contributed by atoms with E-state index < -0.39 is 10.0 Å². The quantitative estimate of drug-likeness (QED) is 0.749. The highest BCUT2D eigenvalue weighted by Gasteiger charge is 2.08. The van der Waals surface area contributed by atoms with E-state index in [9.17, 15) is 13.2 Å². The average Bonchev–Trinajstić information content (AvgIpc) is 2.78. The van der Waals surface area contributed by atoms with Crippen molar-refractivity contribution in [3.05, 3.63) is 52.9 Å². The van der Waals surface area contributed by atoms with E-state index in [4.69, 9.17) is 5.14 Å². The van der Waals surface area contributed by atoms with E-state index in [1.807, 2.05) is 20.9 Å². The van der Waals surface area contributed by atoms with Crippen molar-refractivity contribution in [2.75, 3.05) is 6.54 Å². The van der Waals surface area contributed by atoms with Gasteiger partial charge in [0.2, 0.25) is 15.9 Å². The molecule has 2 aromatic rings. The molecule has 1 heterocycles. The van der Waals surface area contributed by atoms with Crippen molar-refractivity contribution >= 4 is 22.0 Å². The molecule has 2 rings (SSSR count). The molecule has 1 aromatic carbocycles. The number of amides is 1. The van der Waals surface area contributed by atoms with Crippen LogP contribution in [0.4, 0.5) is 0 Å². The maximum Gasteiger partial charge on any atom is 0.244 e. The maximum atomic E-state index is 11.9. The van der Waals surface area contributed by atoms with Crippen molar-refractivity contribution in [3.8, 4) is 0 Å². The zero-order valence-corrected chi connectivity index (χ0v) is 15.3. The molecule has 0 aliphatic heterocycles. The molecular weight excluding hydrogens is 340 g/mol. The van der Waals surface area contributed by atoms with Crippen LogP contribution in [-0.4, -0.2) is 30.7 Å². The van der Waals surface area contributed by atoms with Crippen molar-refractivity contribution in [1.29, 1.82) is 0 Å². The summed E-state index contributed by atoms with van der Waals surface area (Å²) in [5.74, 6) is -0.191. The van der Waals surface area contributed by atoms with E-state index in [-0.39, 0.29) is 10.8 Å². The number of rotatable bonds is 6. The highest BCUT2D eigenvalue weighted by atomic mass is 32.2. The second-order valence-electron chi connectivity index (χ2n) is 5.77. The number of hydrogen-bond donors (Lipinski definition) is 2. The van der Waals surface area contributed by atoms with E-state index in [0.717, 1.165) is 22.5 Å². The minimum absolute atomic E-state index is 0.0745. The second-order valence-corrected chi connectivity index (χ2v) is 7.33. The lowest BCUT2D eigenvalue weighted by molar-refractivity contribution is -0.116. The predicted octanol–water partition coefficient (Wildman–Crippen LogP) is 1.06. The summed E-state index contributed by atoms with van der Waals surface area (Å²) in [4.78, 5) is 12.0. The van der Waals surface area contributed by atoms with E-state index in [1.54, 1.807) is 22.9 Å². The van der Waals surface area contributed by atoms with Gasteiger partial charge in [-0.1, -0.05) is 12.1 Å². The van der Waals surface area contributed by atoms with Gasteiger partial charge in [0.25, 0.3) is 0 Å². The number of nitrogens with zero attached hydrogens (tertiary/aromatic N) is 2. The van der Waals surface area contributed by atoms with Gasteiger partial charge in [-0.25, -0.2) is 13.6 Å². The Morgan fingerprint density at radius 2 is 1.92 bits per heavy atom. The summed E-state index contributed by atoms with van der Waals surface area (Å²) in [6.07, 6.45) is 3.84. The molecule has 0 radical (unpaired) electrons. The summed E-state index contributed by atoms with van der Waals surface area (Å²) in [7, 11) is -1.82. The van der Waals surface area contributed by atoms with Gasteiger partial charge in [-0.05, 0) is 44.0 Å². The lowest BCUT2D eigenvalue weighted by Crippen LogP contribution is -2.23. The summed E-state index contributed by atoms with van der Waals surface area (Å²) in [5.41, 5.74) is 3.72. The third-order valence-electron chi connectivity index (χ3n) is 3.93. The molecule has 3 N–H and O–H groups in total. The van der Waals surface area contributed by atoms with E-state index >= 15 is 0 Å². The van der Waals surface area contributed by atoms with Gasteiger partial charge in [0, 0.05) is 30.9 Å². The van der Waals surface area contributed by atoms with Gasteiger partial charge in [-0.2, -0.15) is 5.10 Å². The molecule has 1 aromatic heterocycles. The summed E-state index contributed by atoms with van der Waals surface area (Å²) in [6, 6.07) is 6.29. The van der Waals surface area contributed by atoms with Crippen LogP contribution in [0.1, 0.15) is 22.5 Å². The number of carbonyl (C=O) groups is 1. The van der Waals surface area contributed by atoms with Crippen LogP contribution in [0.25, 0.3) is 6.08 Å². The Hall–Kier alpha value is -2.45. The number of hydrogen-bond acceptors (Lipinski definition) is 4. The zero-order valence-electron chi connectivity index (χ0n) is 14.5. The molecule has 0 spiro atoms. The predicted molar refractivity (Wildman–Crippen MR) is 96.2 cm³/mol. The molecule has 8 heteroatoms. The average molecular weight is 362 g/mol. The molecule has 7 nitrogen and oxygen atoms in total. The maximum absolute atomic E-state index is 11.9. The van der Waals surface area contributed by atoms with Crippen molar-refractivity contribution in [1.82, 2.24) is 15.1 Å². The van der Waals surface area contributed by atoms with E-state index in [1.165, 1.54) is 18.2 Å². The van der Waals surface area contributed by atoms with E-state index in [0.29, 0.717) is 13.0 Å². The van der Waals surface area contributed by atoms with Gasteiger partial charge in [0.1, 0.15) is 0 Å². The number of benzene rings is 1. The number of sulfonamides is 1. The SMILES string of the molecule is Cc1nn(C)c(C)c1/C=C/C(=O)NCCc1ccc(S(N)(=O)=O)cc1. The van der Waals surface area contributed by atoms with Gasteiger partial charge in [0.15, 0.2) is 0 Å². The number of aryl methyl sites for hydroxylation is 2. The second kappa shape index (κ2) is 7.62. The molecule has 134 valence electrons. The fourth-order valence-corrected chi connectivity index (χ4v) is 2.94. The molecule has 0 bridgehead atoms. The van der Waals surface area contributed by atoms with Crippen LogP contribution in [0.15, 0.2) is 35.2 Å². The van der Waals surface area contributed by atoms with Gasteiger partial charge in [0.05, 0.1) is 10.6 Å². The minimum atomic E-state index is -3.68. The number of carbonyl (C=O) groups excluding carboxylic acids is 1. The molecule has 1 amide bonds. The largest absolute Gasteiger partial charge is 0.352 e. The first-order valence-corrected chi connectivity index (χ1v) is 9.31. The minimum Gasteiger partial charge on any atom is -0.352 e. The van der Waals surface area contributed by atoms with Crippen LogP contribution in [0.5, 0.6) is 0 Å². The Kier molecular flexibility index (Phi) is 5.76. The van der Waals surface area contributed by atoms with E-state index in [2.05, 4.69) is 10.4 Å². The van der Waals surface area contributed by atoms with Crippen molar-refractivity contribution in [2.24, 2.45) is 12.2 Å². The Bertz CT molecular complexity index is 897. The lowest BCUT2D eigenvalue weighted by atomic mass is 10.1. The van der Waals surface area contributed by atoms with Gasteiger partial charge in [-0.15, -0.1) is 0 Å². The number of nitrogens with two attached hydrogens (primary N) is 1. The smallest absolute Gasteiger partial charge is 0.244 e. The Morgan fingerprint density at radius 3 is 2.44 bits per heavy atom. The Labute approximate surface area is 147 Å². The summed E-state index contributed by atoms with van der Waals surface area (Å²) in [6.45, 7) is 4.29. The summed E-state index contributed by atoms with van der Waals surface area (Å²) in [5, 5.41) is 12.1. The van der Waals surface area contributed by atoms with Crippen molar-refractivity contribution < 1.29 is 13.2 Å². The van der Waals surface area contributed by atoms with Gasteiger partial charge < -0.3 is 5.32 Å². The molecule has 0 fully saturated rings. The first kappa shape index (κ1) is 18.9. The Balaban J connectivity index is 1.87. The fourth-order valence-electron chi connectivity index (χ4n) is 2.42. The molecule has 0 unspecified atom stereocenters. The molecule has 0 saturated heterocycles. The third-order valence-corrected chi connectivity index (χ3v) is 4.86. The van der Waals surface area contributed by atoms with Crippen LogP contribution in [0, 0.1) is 13.8 Å².